The molecule has 1 heterocycles. The van der Waals surface area contributed by atoms with Crippen molar-refractivity contribution in [1.29, 1.82) is 0 Å². The number of anilines is 1. The molecule has 0 N–H and O–H groups in total. The Bertz CT molecular complexity index is 631. The highest BCUT2D eigenvalue weighted by Crippen LogP contribution is 2.23. The second-order valence-electron chi connectivity index (χ2n) is 4.54. The molecule has 1 aliphatic heterocycles. The maximum atomic E-state index is 13.5. The van der Waals surface area contributed by atoms with E-state index in [2.05, 4.69) is 4.18 Å². The molecule has 0 bridgehead atoms. The van der Waals surface area contributed by atoms with Crippen LogP contribution in [0.15, 0.2) is 18.2 Å². The number of hydrogen-bond acceptors (Lipinski definition) is 5. The predicted octanol–water partition coefficient (Wildman–Crippen LogP) is 1.44. The van der Waals surface area contributed by atoms with E-state index >= 15 is 0 Å². The first-order valence-electron chi connectivity index (χ1n) is 5.85. The van der Waals surface area contributed by atoms with E-state index in [1.165, 1.54) is 11.0 Å². The van der Waals surface area contributed by atoms with Crippen LogP contribution in [-0.2, 0) is 19.0 Å². The van der Waals surface area contributed by atoms with Crippen molar-refractivity contribution in [3.05, 3.63) is 29.6 Å². The normalized spacial score (nSPS) is 19.2. The van der Waals surface area contributed by atoms with Gasteiger partial charge in [-0.15, -0.1) is 0 Å². The average Bonchev–Trinajstić information content (AvgIpc) is 2.71. The molecule has 20 heavy (non-hydrogen) atoms. The molecule has 1 aromatic rings. The summed E-state index contributed by atoms with van der Waals surface area (Å²) >= 11 is 0. The van der Waals surface area contributed by atoms with Crippen LogP contribution in [0.25, 0.3) is 0 Å². The molecule has 1 fully saturated rings. The highest BCUT2D eigenvalue weighted by atomic mass is 32.2. The molecule has 0 saturated carbocycles. The zero-order valence-electron chi connectivity index (χ0n) is 11.0. The third kappa shape index (κ3) is 3.45. The molecule has 0 aromatic heterocycles. The lowest BCUT2D eigenvalue weighted by atomic mass is 10.2. The molecular weight excluding hydrogens is 289 g/mol. The van der Waals surface area contributed by atoms with E-state index in [9.17, 15) is 17.6 Å². The van der Waals surface area contributed by atoms with Crippen molar-refractivity contribution in [3.63, 3.8) is 0 Å². The highest BCUT2D eigenvalue weighted by molar-refractivity contribution is 7.85. The number of carbonyl (C=O) groups is 1. The highest BCUT2D eigenvalue weighted by Gasteiger charge is 2.33. The van der Waals surface area contributed by atoms with E-state index in [1.807, 2.05) is 0 Å². The van der Waals surface area contributed by atoms with Gasteiger partial charge in [0.25, 0.3) is 10.1 Å². The molecule has 1 aliphatic rings. The van der Waals surface area contributed by atoms with Crippen LogP contribution in [0.4, 0.5) is 14.9 Å². The lowest BCUT2D eigenvalue weighted by Crippen LogP contribution is -2.26. The molecular formula is C12H14FNO5S. The van der Waals surface area contributed by atoms with Crippen LogP contribution in [0.1, 0.15) is 5.56 Å². The predicted molar refractivity (Wildman–Crippen MR) is 69.5 cm³/mol. The van der Waals surface area contributed by atoms with Gasteiger partial charge in [-0.3, -0.25) is 9.08 Å². The summed E-state index contributed by atoms with van der Waals surface area (Å²) in [7, 11) is -3.59. The fourth-order valence-corrected chi connectivity index (χ4v) is 2.17. The van der Waals surface area contributed by atoms with Gasteiger partial charge in [0.15, 0.2) is 0 Å². The van der Waals surface area contributed by atoms with Gasteiger partial charge in [-0.25, -0.2) is 9.18 Å². The quantitative estimate of drug-likeness (QED) is 0.787. The molecule has 1 aromatic carbocycles. The van der Waals surface area contributed by atoms with E-state index in [0.717, 1.165) is 6.26 Å². The van der Waals surface area contributed by atoms with Gasteiger partial charge in [0, 0.05) is 0 Å². The fourth-order valence-electron chi connectivity index (χ4n) is 1.77. The minimum atomic E-state index is -3.59. The van der Waals surface area contributed by atoms with Crippen molar-refractivity contribution >= 4 is 21.9 Å². The van der Waals surface area contributed by atoms with Crippen molar-refractivity contribution in [1.82, 2.24) is 0 Å². The third-order valence-corrected chi connectivity index (χ3v) is 3.37. The average molecular weight is 303 g/mol. The van der Waals surface area contributed by atoms with E-state index in [1.54, 1.807) is 19.1 Å². The molecule has 110 valence electrons. The fraction of sp³-hybridized carbons (Fsp3) is 0.417. The van der Waals surface area contributed by atoms with Crippen molar-refractivity contribution in [3.8, 4) is 0 Å². The number of cyclic esters (lactones) is 1. The molecule has 1 saturated heterocycles. The second kappa shape index (κ2) is 5.37. The van der Waals surface area contributed by atoms with Gasteiger partial charge >= 0.3 is 6.09 Å². The van der Waals surface area contributed by atoms with E-state index in [4.69, 9.17) is 4.74 Å². The van der Waals surface area contributed by atoms with Gasteiger partial charge in [-0.1, -0.05) is 6.07 Å². The van der Waals surface area contributed by atoms with Crippen LogP contribution < -0.4 is 4.90 Å². The lowest BCUT2D eigenvalue weighted by Gasteiger charge is -2.13. The minimum Gasteiger partial charge on any atom is -0.441 e. The number of benzene rings is 1. The third-order valence-electron chi connectivity index (χ3n) is 2.81. The van der Waals surface area contributed by atoms with Crippen molar-refractivity contribution < 1.29 is 26.5 Å². The van der Waals surface area contributed by atoms with Crippen LogP contribution in [0, 0.1) is 12.7 Å². The minimum absolute atomic E-state index is 0.108. The molecule has 0 radical (unpaired) electrons. The standard InChI is InChI=1S/C12H14FNO5S/c1-8-3-4-9(5-11(8)13)14-6-10(19-12(14)15)7-18-20(2,16)17/h3-5,10H,6-7H2,1-2H3/t10-/m1/s1. The topological polar surface area (TPSA) is 72.9 Å². The van der Waals surface area contributed by atoms with Gasteiger partial charge in [0.1, 0.15) is 18.5 Å². The Morgan fingerprint density at radius 1 is 1.50 bits per heavy atom. The van der Waals surface area contributed by atoms with Gasteiger partial charge < -0.3 is 4.74 Å². The van der Waals surface area contributed by atoms with Gasteiger partial charge in [0.2, 0.25) is 0 Å². The zero-order chi connectivity index (χ0) is 14.9. The number of amides is 1. The Morgan fingerprint density at radius 3 is 2.80 bits per heavy atom. The Hall–Kier alpha value is -1.67. The summed E-state index contributed by atoms with van der Waals surface area (Å²) < 4.78 is 44.8. The first-order chi connectivity index (χ1) is 9.26. The summed E-state index contributed by atoms with van der Waals surface area (Å²) in [5, 5.41) is 0. The Kier molecular flexibility index (Phi) is 3.96. The number of aryl methyl sites for hydroxylation is 1. The van der Waals surface area contributed by atoms with Crippen LogP contribution in [0.3, 0.4) is 0 Å². The molecule has 1 atom stereocenters. The number of ether oxygens (including phenoxy) is 1. The molecule has 6 nitrogen and oxygen atoms in total. The Labute approximate surface area is 116 Å². The van der Waals surface area contributed by atoms with Crippen LogP contribution in [0.2, 0.25) is 0 Å². The molecule has 1 amide bonds. The number of rotatable bonds is 4. The van der Waals surface area contributed by atoms with Crippen molar-refractivity contribution in [2.24, 2.45) is 0 Å². The van der Waals surface area contributed by atoms with Gasteiger partial charge in [-0.05, 0) is 24.6 Å². The Balaban J connectivity index is 2.07. The summed E-state index contributed by atoms with van der Waals surface area (Å²) in [6, 6.07) is 4.38. The molecule has 0 spiro atoms. The summed E-state index contributed by atoms with van der Waals surface area (Å²) in [4.78, 5) is 12.9. The summed E-state index contributed by atoms with van der Waals surface area (Å²) in [6.07, 6.45) is -0.450. The van der Waals surface area contributed by atoms with Crippen LogP contribution >= 0.6 is 0 Å². The maximum absolute atomic E-state index is 13.5. The smallest absolute Gasteiger partial charge is 0.414 e. The molecule has 0 unspecified atom stereocenters. The summed E-state index contributed by atoms with van der Waals surface area (Å²) in [5.74, 6) is -0.425. The first kappa shape index (κ1) is 14.7. The SMILES string of the molecule is Cc1ccc(N2C[C@H](COS(C)(=O)=O)OC2=O)cc1F. The first-order valence-corrected chi connectivity index (χ1v) is 7.66. The van der Waals surface area contributed by atoms with Gasteiger partial charge in [-0.2, -0.15) is 8.42 Å². The van der Waals surface area contributed by atoms with Crippen molar-refractivity contribution in [2.45, 2.75) is 13.0 Å². The van der Waals surface area contributed by atoms with E-state index in [0.29, 0.717) is 11.3 Å². The van der Waals surface area contributed by atoms with Crippen LogP contribution in [-0.4, -0.2) is 40.0 Å². The molecule has 2 rings (SSSR count). The van der Waals surface area contributed by atoms with Crippen molar-refractivity contribution in [2.75, 3.05) is 24.3 Å². The summed E-state index contributed by atoms with van der Waals surface area (Å²) in [5.41, 5.74) is 0.832. The van der Waals surface area contributed by atoms with Gasteiger partial charge in [0.05, 0.1) is 18.5 Å². The number of halogens is 1. The monoisotopic (exact) mass is 303 g/mol. The maximum Gasteiger partial charge on any atom is 0.414 e. The van der Waals surface area contributed by atoms with E-state index < -0.39 is 28.1 Å². The Morgan fingerprint density at radius 2 is 2.20 bits per heavy atom. The number of nitrogens with zero attached hydrogens (tertiary/aromatic N) is 1. The van der Waals surface area contributed by atoms with Crippen LogP contribution in [0.5, 0.6) is 0 Å². The number of hydrogen-bond donors (Lipinski definition) is 0. The van der Waals surface area contributed by atoms with E-state index in [-0.39, 0.29) is 13.2 Å². The second-order valence-corrected chi connectivity index (χ2v) is 6.18. The largest absolute Gasteiger partial charge is 0.441 e. The summed E-state index contributed by atoms with van der Waals surface area (Å²) in [6.45, 7) is 1.47. The molecule has 8 heteroatoms. The zero-order valence-corrected chi connectivity index (χ0v) is 11.8. The number of carbonyl (C=O) groups excluding carboxylic acids is 1. The lowest BCUT2D eigenvalue weighted by molar-refractivity contribution is 0.107. The molecule has 0 aliphatic carbocycles.